The zero-order chi connectivity index (χ0) is 10.1. The molecule has 0 saturated carbocycles. The number of hydrogen-bond acceptors (Lipinski definition) is 5. The maximum Gasteiger partial charge on any atom is 0.324 e. The van der Waals surface area contributed by atoms with Crippen LogP contribution in [0.4, 0.5) is 0 Å². The Kier molecular flexibility index (Phi) is 6.00. The van der Waals surface area contributed by atoms with E-state index >= 15 is 0 Å². The number of phenols is 2. The van der Waals surface area contributed by atoms with E-state index in [0.717, 1.165) is 12.1 Å². The molecule has 1 rings (SSSR count). The van der Waals surface area contributed by atoms with Gasteiger partial charge in [0.1, 0.15) is 11.5 Å². The first-order valence-corrected chi connectivity index (χ1v) is 5.85. The molecule has 0 aliphatic heterocycles. The van der Waals surface area contributed by atoms with Crippen LogP contribution in [-0.2, 0) is 9.15 Å². The first-order chi connectivity index (χ1) is 5.88. The minimum atomic E-state index is -4.27. The van der Waals surface area contributed by atoms with Crippen LogP contribution in [0, 0.1) is 0 Å². The summed E-state index contributed by atoms with van der Waals surface area (Å²) in [5.41, 5.74) is 0. The molecule has 0 atom stereocenters. The van der Waals surface area contributed by atoms with Gasteiger partial charge in [0, 0.05) is 62.2 Å². The summed E-state index contributed by atoms with van der Waals surface area (Å²) in [5, 5.41) is 18.0. The Labute approximate surface area is 127 Å². The Balaban J connectivity index is 0.00000169. The number of phenolic OH excluding ortho intramolecular Hbond substituents is 2. The largest absolute Gasteiger partial charge is 0.508 e. The zero-order valence-electron chi connectivity index (χ0n) is 7.21. The smallest absolute Gasteiger partial charge is 0.324 e. The number of benzene rings is 1. The average molecular weight is 261 g/mol. The molecule has 0 amide bonds. The van der Waals surface area contributed by atoms with Crippen LogP contribution in [-0.4, -0.2) is 74.6 Å². The third kappa shape index (κ3) is 4.98. The van der Waals surface area contributed by atoms with Crippen molar-refractivity contribution in [2.75, 3.05) is 0 Å². The van der Waals surface area contributed by atoms with Crippen molar-refractivity contribution in [1.82, 2.24) is 0 Å². The van der Waals surface area contributed by atoms with E-state index in [-0.39, 0.29) is 78.6 Å². The van der Waals surface area contributed by atoms with Gasteiger partial charge in [-0.05, 0) is 18.2 Å². The summed E-state index contributed by atoms with van der Waals surface area (Å²) in [6.07, 6.45) is 0. The van der Waals surface area contributed by atoms with Crippen LogP contribution in [0.2, 0.25) is 0 Å². The molecule has 0 saturated heterocycles. The molecule has 1 aromatic carbocycles. The Hall–Kier alpha value is 0.716. The summed E-state index contributed by atoms with van der Waals surface area (Å²) in [7, 11) is -4.21. The Morgan fingerprint density at radius 2 is 1.79 bits per heavy atom. The van der Waals surface area contributed by atoms with Gasteiger partial charge in [-0.1, -0.05) is 0 Å². The van der Waals surface area contributed by atoms with E-state index in [1.54, 1.807) is 0 Å². The van der Waals surface area contributed by atoms with Gasteiger partial charge in [0.05, 0.1) is 4.90 Å². The molecule has 8 heteroatoms. The predicted octanol–water partition coefficient (Wildman–Crippen LogP) is 0.612. The standard InChI is InChI=1S/C6H6O5S2.K/c7-4-1-2-5(8)6(3-4)12-13(9,10)11;/h1-3,7-8H,(H,9,10,11);. The third-order valence-electron chi connectivity index (χ3n) is 1.14. The average Bonchev–Trinajstić information content (AvgIpc) is 1.94. The zero-order valence-corrected chi connectivity index (χ0v) is 12.0. The summed E-state index contributed by atoms with van der Waals surface area (Å²) in [4.78, 5) is -0.123. The molecule has 1 radical (unpaired) electrons. The Morgan fingerprint density at radius 3 is 2.29 bits per heavy atom. The first-order valence-electron chi connectivity index (χ1n) is 3.07. The Bertz CT molecular complexity index is 416. The van der Waals surface area contributed by atoms with Crippen LogP contribution < -0.4 is 0 Å². The van der Waals surface area contributed by atoms with E-state index < -0.39 is 9.15 Å². The minimum absolute atomic E-state index is 0. The van der Waals surface area contributed by atoms with Crippen LogP contribution in [0.25, 0.3) is 0 Å². The molecule has 0 bridgehead atoms. The Morgan fingerprint density at radius 1 is 1.21 bits per heavy atom. The van der Waals surface area contributed by atoms with Gasteiger partial charge >= 0.3 is 9.15 Å². The first kappa shape index (κ1) is 14.7. The van der Waals surface area contributed by atoms with E-state index in [1.807, 2.05) is 0 Å². The van der Waals surface area contributed by atoms with Gasteiger partial charge < -0.3 is 10.2 Å². The summed E-state index contributed by atoms with van der Waals surface area (Å²) in [6.45, 7) is 0. The maximum atomic E-state index is 10.4. The fourth-order valence-electron chi connectivity index (χ4n) is 0.683. The van der Waals surface area contributed by atoms with Gasteiger partial charge in [0.15, 0.2) is 0 Å². The molecular weight excluding hydrogens is 255 g/mol. The van der Waals surface area contributed by atoms with Crippen LogP contribution in [0.3, 0.4) is 0 Å². The van der Waals surface area contributed by atoms with E-state index in [4.69, 9.17) is 14.8 Å². The SMILES string of the molecule is O=S(=O)(O)Sc1cc(O)ccc1O.[K]. The van der Waals surface area contributed by atoms with Gasteiger partial charge in [-0.25, -0.2) is 0 Å². The number of hydrogen-bond donors (Lipinski definition) is 3. The molecule has 0 unspecified atom stereocenters. The second kappa shape index (κ2) is 5.71. The van der Waals surface area contributed by atoms with Crippen LogP contribution in [0.5, 0.6) is 11.5 Å². The van der Waals surface area contributed by atoms with Crippen molar-refractivity contribution in [2.45, 2.75) is 4.90 Å². The van der Waals surface area contributed by atoms with Gasteiger partial charge in [-0.15, -0.1) is 0 Å². The van der Waals surface area contributed by atoms with Gasteiger partial charge in [-0.3, -0.25) is 4.55 Å². The van der Waals surface area contributed by atoms with Crippen molar-refractivity contribution >= 4 is 71.3 Å². The fraction of sp³-hybridized carbons (Fsp3) is 0. The third-order valence-corrected chi connectivity index (χ3v) is 3.03. The molecule has 5 nitrogen and oxygen atoms in total. The molecule has 73 valence electrons. The van der Waals surface area contributed by atoms with Crippen molar-refractivity contribution < 1.29 is 23.2 Å². The molecule has 3 N–H and O–H groups in total. The summed E-state index contributed by atoms with van der Waals surface area (Å²) in [6, 6.07) is 3.36. The van der Waals surface area contributed by atoms with Gasteiger partial charge in [0.25, 0.3) is 0 Å². The molecular formula is C6H6KO5S2. The molecule has 0 aromatic heterocycles. The van der Waals surface area contributed by atoms with Crippen molar-refractivity contribution in [3.63, 3.8) is 0 Å². The summed E-state index contributed by atoms with van der Waals surface area (Å²) >= 11 is 0. The predicted molar refractivity (Wildman–Crippen MR) is 52.9 cm³/mol. The van der Waals surface area contributed by atoms with Crippen molar-refractivity contribution in [2.24, 2.45) is 0 Å². The molecule has 0 fully saturated rings. The summed E-state index contributed by atoms with van der Waals surface area (Å²) in [5.74, 6) is -0.510. The van der Waals surface area contributed by atoms with Crippen LogP contribution in [0.1, 0.15) is 0 Å². The molecule has 0 aliphatic carbocycles. The van der Waals surface area contributed by atoms with E-state index in [2.05, 4.69) is 0 Å². The van der Waals surface area contributed by atoms with E-state index in [0.29, 0.717) is 0 Å². The van der Waals surface area contributed by atoms with Crippen LogP contribution >= 0.6 is 10.8 Å². The number of aromatic hydroxyl groups is 2. The normalized spacial score (nSPS) is 10.6. The topological polar surface area (TPSA) is 94.8 Å². The molecule has 14 heavy (non-hydrogen) atoms. The second-order valence-electron chi connectivity index (χ2n) is 2.16. The maximum absolute atomic E-state index is 10.4. The molecule has 0 aliphatic rings. The van der Waals surface area contributed by atoms with Crippen LogP contribution in [0.15, 0.2) is 23.1 Å². The fourth-order valence-corrected chi connectivity index (χ4v) is 2.31. The van der Waals surface area contributed by atoms with Crippen molar-refractivity contribution in [1.29, 1.82) is 0 Å². The van der Waals surface area contributed by atoms with Crippen molar-refractivity contribution in [3.8, 4) is 11.5 Å². The van der Waals surface area contributed by atoms with Crippen molar-refractivity contribution in [3.05, 3.63) is 18.2 Å². The summed E-state index contributed by atoms with van der Waals surface area (Å²) < 4.78 is 29.2. The second-order valence-corrected chi connectivity index (χ2v) is 5.39. The van der Waals surface area contributed by atoms with Gasteiger partial charge in [0.2, 0.25) is 0 Å². The minimum Gasteiger partial charge on any atom is -0.508 e. The quantitative estimate of drug-likeness (QED) is 0.312. The molecule has 0 spiro atoms. The van der Waals surface area contributed by atoms with E-state index in [1.165, 1.54) is 6.07 Å². The molecule has 0 heterocycles. The van der Waals surface area contributed by atoms with E-state index in [9.17, 15) is 8.42 Å². The molecule has 1 aromatic rings. The monoisotopic (exact) mass is 261 g/mol. The number of rotatable bonds is 2. The van der Waals surface area contributed by atoms with Gasteiger partial charge in [-0.2, -0.15) is 8.42 Å².